The monoisotopic (exact) mass is 538 g/mol. The molecule has 0 aromatic heterocycles. The van der Waals surface area contributed by atoms with Crippen LogP contribution < -0.4 is 24.2 Å². The fourth-order valence-electron chi connectivity index (χ4n) is 3.09. The Bertz CT molecular complexity index is 1280. The highest BCUT2D eigenvalue weighted by molar-refractivity contribution is 7.89. The maximum absolute atomic E-state index is 12.6. The highest BCUT2D eigenvalue weighted by Crippen LogP contribution is 2.28. The molecule has 0 spiro atoms. The number of amides is 1. The Kier molecular flexibility index (Phi) is 9.22. The van der Waals surface area contributed by atoms with Crippen LogP contribution in [0.15, 0.2) is 65.6 Å². The van der Waals surface area contributed by atoms with E-state index in [4.69, 9.17) is 37.4 Å². The second-order valence-electron chi connectivity index (χ2n) is 7.27. The van der Waals surface area contributed by atoms with E-state index in [1.807, 2.05) is 6.07 Å². The highest BCUT2D eigenvalue weighted by atomic mass is 35.5. The lowest BCUT2D eigenvalue weighted by molar-refractivity contribution is -0.118. The van der Waals surface area contributed by atoms with E-state index >= 15 is 0 Å². The van der Waals surface area contributed by atoms with Gasteiger partial charge >= 0.3 is 0 Å². The molecule has 11 heteroatoms. The number of ether oxygens (including phenoxy) is 3. The van der Waals surface area contributed by atoms with E-state index in [1.165, 1.54) is 30.3 Å². The summed E-state index contributed by atoms with van der Waals surface area (Å²) in [6.07, 6.45) is 0.465. The standard InChI is InChI=1S/C24H24Cl2N2O6S/c1-32-22-10-3-16(13-23(22)33-2)11-12-27-35(30,31)19-7-5-18(6-8-19)34-15-24(29)28-21-14-17(25)4-9-20(21)26/h3-10,13-14,27H,11-12,15H2,1-2H3,(H,28,29). The Labute approximate surface area is 214 Å². The molecule has 3 aromatic carbocycles. The van der Waals surface area contributed by atoms with Crippen LogP contribution in [-0.4, -0.2) is 41.7 Å². The van der Waals surface area contributed by atoms with E-state index in [-0.39, 0.29) is 18.0 Å². The lowest BCUT2D eigenvalue weighted by atomic mass is 10.1. The van der Waals surface area contributed by atoms with Gasteiger partial charge in [-0.1, -0.05) is 29.3 Å². The summed E-state index contributed by atoms with van der Waals surface area (Å²) in [6.45, 7) is -0.0964. The number of sulfonamides is 1. The summed E-state index contributed by atoms with van der Waals surface area (Å²) >= 11 is 11.9. The zero-order valence-electron chi connectivity index (χ0n) is 19.0. The molecule has 8 nitrogen and oxygen atoms in total. The van der Waals surface area contributed by atoms with Gasteiger partial charge in [-0.05, 0) is 66.6 Å². The van der Waals surface area contributed by atoms with Crippen molar-refractivity contribution in [2.24, 2.45) is 0 Å². The van der Waals surface area contributed by atoms with Crippen molar-refractivity contribution in [2.75, 3.05) is 32.7 Å². The second kappa shape index (κ2) is 12.1. The molecule has 35 heavy (non-hydrogen) atoms. The van der Waals surface area contributed by atoms with E-state index in [0.29, 0.717) is 39.4 Å². The molecule has 186 valence electrons. The lowest BCUT2D eigenvalue weighted by Gasteiger charge is -2.11. The van der Waals surface area contributed by atoms with Crippen LogP contribution in [0.3, 0.4) is 0 Å². The minimum Gasteiger partial charge on any atom is -0.493 e. The summed E-state index contributed by atoms with van der Waals surface area (Å²) in [4.78, 5) is 12.2. The van der Waals surface area contributed by atoms with Crippen LogP contribution in [0.5, 0.6) is 17.2 Å². The number of methoxy groups -OCH3 is 2. The highest BCUT2D eigenvalue weighted by Gasteiger charge is 2.14. The summed E-state index contributed by atoms with van der Waals surface area (Å²) < 4.78 is 43.7. The van der Waals surface area contributed by atoms with Gasteiger partial charge in [0.2, 0.25) is 10.0 Å². The van der Waals surface area contributed by atoms with Crippen molar-refractivity contribution in [1.82, 2.24) is 4.72 Å². The Morgan fingerprint density at radius 1 is 0.914 bits per heavy atom. The molecule has 0 radical (unpaired) electrons. The van der Waals surface area contributed by atoms with Crippen LogP contribution >= 0.6 is 23.2 Å². The second-order valence-corrected chi connectivity index (χ2v) is 9.88. The molecule has 0 bridgehead atoms. The predicted octanol–water partition coefficient (Wildman–Crippen LogP) is 4.55. The summed E-state index contributed by atoms with van der Waals surface area (Å²) in [6, 6.07) is 15.9. The Morgan fingerprint density at radius 3 is 2.31 bits per heavy atom. The van der Waals surface area contributed by atoms with Gasteiger partial charge in [0.15, 0.2) is 18.1 Å². The van der Waals surface area contributed by atoms with Crippen LogP contribution in [0, 0.1) is 0 Å². The zero-order valence-corrected chi connectivity index (χ0v) is 21.3. The smallest absolute Gasteiger partial charge is 0.262 e. The first kappa shape index (κ1) is 26.6. The minimum absolute atomic E-state index is 0.0762. The van der Waals surface area contributed by atoms with Crippen molar-refractivity contribution >= 4 is 44.8 Å². The largest absolute Gasteiger partial charge is 0.493 e. The predicted molar refractivity (Wildman–Crippen MR) is 135 cm³/mol. The van der Waals surface area contributed by atoms with Crippen molar-refractivity contribution in [3.63, 3.8) is 0 Å². The number of hydrogen-bond donors (Lipinski definition) is 2. The normalized spacial score (nSPS) is 11.1. The van der Waals surface area contributed by atoms with Crippen LogP contribution in [0.2, 0.25) is 10.0 Å². The maximum atomic E-state index is 12.6. The van der Waals surface area contributed by atoms with Gasteiger partial charge in [0.1, 0.15) is 5.75 Å². The van der Waals surface area contributed by atoms with Gasteiger partial charge in [-0.15, -0.1) is 0 Å². The number of rotatable bonds is 11. The molecule has 0 fully saturated rings. The van der Waals surface area contributed by atoms with Gasteiger partial charge in [-0.3, -0.25) is 4.79 Å². The number of anilines is 1. The SMILES string of the molecule is COc1ccc(CCNS(=O)(=O)c2ccc(OCC(=O)Nc3cc(Cl)ccc3Cl)cc2)cc1OC. The average Bonchev–Trinajstić information content (AvgIpc) is 2.85. The fourth-order valence-corrected chi connectivity index (χ4v) is 4.46. The van der Waals surface area contributed by atoms with E-state index < -0.39 is 15.9 Å². The first-order valence-electron chi connectivity index (χ1n) is 10.4. The first-order valence-corrected chi connectivity index (χ1v) is 12.6. The molecule has 0 heterocycles. The van der Waals surface area contributed by atoms with Crippen molar-refractivity contribution in [3.05, 3.63) is 76.3 Å². The van der Waals surface area contributed by atoms with Crippen molar-refractivity contribution in [3.8, 4) is 17.2 Å². The molecule has 0 aliphatic rings. The van der Waals surface area contributed by atoms with E-state index in [0.717, 1.165) is 5.56 Å². The molecule has 3 aromatic rings. The molecule has 1 amide bonds. The number of carbonyl (C=O) groups excluding carboxylic acids is 1. The van der Waals surface area contributed by atoms with Crippen molar-refractivity contribution < 1.29 is 27.4 Å². The number of halogens is 2. The van der Waals surface area contributed by atoms with Gasteiger partial charge in [0, 0.05) is 11.6 Å². The number of hydrogen-bond acceptors (Lipinski definition) is 6. The minimum atomic E-state index is -3.72. The molecule has 0 atom stereocenters. The first-order chi connectivity index (χ1) is 16.7. The number of carbonyl (C=O) groups is 1. The van der Waals surface area contributed by atoms with Gasteiger partial charge in [-0.2, -0.15) is 0 Å². The van der Waals surface area contributed by atoms with Gasteiger partial charge < -0.3 is 19.5 Å². The quantitative estimate of drug-likeness (QED) is 0.371. The molecular weight excluding hydrogens is 515 g/mol. The topological polar surface area (TPSA) is 103 Å². The molecule has 0 saturated carbocycles. The summed E-state index contributed by atoms with van der Waals surface area (Å²) in [5, 5.41) is 3.38. The summed E-state index contributed by atoms with van der Waals surface area (Å²) in [5.74, 6) is 1.07. The van der Waals surface area contributed by atoms with Crippen molar-refractivity contribution in [1.29, 1.82) is 0 Å². The average molecular weight is 539 g/mol. The third-order valence-electron chi connectivity index (χ3n) is 4.86. The molecule has 3 rings (SSSR count). The van der Waals surface area contributed by atoms with E-state index in [2.05, 4.69) is 10.0 Å². The molecule has 0 aliphatic heterocycles. The third-order valence-corrected chi connectivity index (χ3v) is 6.90. The fraction of sp³-hybridized carbons (Fsp3) is 0.208. The lowest BCUT2D eigenvalue weighted by Crippen LogP contribution is -2.26. The van der Waals surface area contributed by atoms with Gasteiger partial charge in [-0.25, -0.2) is 13.1 Å². The van der Waals surface area contributed by atoms with E-state index in [1.54, 1.807) is 38.5 Å². The maximum Gasteiger partial charge on any atom is 0.262 e. The molecule has 0 unspecified atom stereocenters. The molecular formula is C24H24Cl2N2O6S. The summed E-state index contributed by atoms with van der Waals surface area (Å²) in [7, 11) is -0.634. The Balaban J connectivity index is 1.51. The van der Waals surface area contributed by atoms with Crippen LogP contribution in [0.25, 0.3) is 0 Å². The van der Waals surface area contributed by atoms with Crippen LogP contribution in [-0.2, 0) is 21.2 Å². The van der Waals surface area contributed by atoms with Crippen LogP contribution in [0.4, 0.5) is 5.69 Å². The van der Waals surface area contributed by atoms with Gasteiger partial charge in [0.05, 0.1) is 29.8 Å². The third kappa shape index (κ3) is 7.50. The summed E-state index contributed by atoms with van der Waals surface area (Å²) in [5.41, 5.74) is 1.26. The Hall–Kier alpha value is -2.98. The van der Waals surface area contributed by atoms with E-state index in [9.17, 15) is 13.2 Å². The Morgan fingerprint density at radius 2 is 1.63 bits per heavy atom. The van der Waals surface area contributed by atoms with Gasteiger partial charge in [0.25, 0.3) is 5.91 Å². The van der Waals surface area contributed by atoms with Crippen LogP contribution in [0.1, 0.15) is 5.56 Å². The van der Waals surface area contributed by atoms with Crippen molar-refractivity contribution in [2.45, 2.75) is 11.3 Å². The number of nitrogens with one attached hydrogen (secondary N) is 2. The number of benzene rings is 3. The zero-order chi connectivity index (χ0) is 25.4. The molecule has 0 aliphatic carbocycles. The molecule has 0 saturated heterocycles. The molecule has 2 N–H and O–H groups in total.